The molecule has 2 amide bonds. The summed E-state index contributed by atoms with van der Waals surface area (Å²) in [6.07, 6.45) is 5.16. The molecule has 0 spiro atoms. The van der Waals surface area contributed by atoms with Crippen LogP contribution in [0.4, 0.5) is 0 Å². The van der Waals surface area contributed by atoms with Crippen molar-refractivity contribution in [2.45, 2.75) is 45.3 Å². The van der Waals surface area contributed by atoms with Crippen molar-refractivity contribution in [3.63, 3.8) is 0 Å². The monoisotopic (exact) mass is 353 g/mol. The molecule has 0 fully saturated rings. The highest BCUT2D eigenvalue weighted by Crippen LogP contribution is 2.28. The molecule has 3 rings (SSSR count). The third-order valence-corrected chi connectivity index (χ3v) is 5.05. The Bertz CT molecular complexity index is 767. The van der Waals surface area contributed by atoms with Crippen LogP contribution >= 0.6 is 0 Å². The first-order chi connectivity index (χ1) is 12.5. The van der Waals surface area contributed by atoms with Crippen LogP contribution in [0, 0.1) is 5.92 Å². The maximum absolute atomic E-state index is 13.5. The largest absolute Gasteiger partial charge is 0.357 e. The van der Waals surface area contributed by atoms with Crippen LogP contribution < -0.4 is 5.32 Å². The average molecular weight is 353 g/mol. The van der Waals surface area contributed by atoms with E-state index in [1.807, 2.05) is 53.4 Å². The van der Waals surface area contributed by atoms with E-state index in [1.54, 1.807) is 11.9 Å². The summed E-state index contributed by atoms with van der Waals surface area (Å²) in [6, 6.07) is 11.2. The Balaban J connectivity index is 1.94. The summed E-state index contributed by atoms with van der Waals surface area (Å²) < 4.78 is 1.96. The van der Waals surface area contributed by atoms with Crippen LogP contribution in [-0.2, 0) is 22.6 Å². The number of nitrogens with zero attached hydrogens (tertiary/aromatic N) is 2. The maximum atomic E-state index is 13.5. The minimum absolute atomic E-state index is 0.0120. The smallest absolute Gasteiger partial charge is 0.246 e. The van der Waals surface area contributed by atoms with Gasteiger partial charge in [-0.05, 0) is 35.6 Å². The molecule has 1 aliphatic rings. The van der Waals surface area contributed by atoms with Gasteiger partial charge in [0.05, 0.1) is 0 Å². The fraction of sp³-hybridized carbons (Fsp3) is 0.429. The summed E-state index contributed by atoms with van der Waals surface area (Å²) in [5.41, 5.74) is 2.27. The van der Waals surface area contributed by atoms with E-state index < -0.39 is 6.04 Å². The molecule has 5 nitrogen and oxygen atoms in total. The quantitative estimate of drug-likeness (QED) is 0.899. The third kappa shape index (κ3) is 3.66. The van der Waals surface area contributed by atoms with E-state index in [0.717, 1.165) is 17.5 Å². The lowest BCUT2D eigenvalue weighted by atomic mass is 9.92. The van der Waals surface area contributed by atoms with E-state index in [9.17, 15) is 9.59 Å². The number of fused-ring (bicyclic) bond motifs is 1. The van der Waals surface area contributed by atoms with Gasteiger partial charge < -0.3 is 14.8 Å². The lowest BCUT2D eigenvalue weighted by molar-refractivity contribution is -0.144. The van der Waals surface area contributed by atoms with Gasteiger partial charge in [-0.3, -0.25) is 9.59 Å². The predicted octanol–water partition coefficient (Wildman–Crippen LogP) is 2.77. The highest BCUT2D eigenvalue weighted by Gasteiger charge is 2.37. The Morgan fingerprint density at radius 1 is 1.12 bits per heavy atom. The molecule has 1 aliphatic heterocycles. The summed E-state index contributed by atoms with van der Waals surface area (Å²) in [5.74, 6) is 0.281. The van der Waals surface area contributed by atoms with E-state index >= 15 is 0 Å². The lowest BCUT2D eigenvalue weighted by Gasteiger charge is -2.38. The summed E-state index contributed by atoms with van der Waals surface area (Å²) in [6.45, 7) is 4.71. The average Bonchev–Trinajstić information content (AvgIpc) is 3.18. The zero-order valence-electron chi connectivity index (χ0n) is 15.7. The number of rotatable bonds is 5. The van der Waals surface area contributed by atoms with Crippen molar-refractivity contribution in [1.82, 2.24) is 14.8 Å². The second kappa shape index (κ2) is 7.77. The summed E-state index contributed by atoms with van der Waals surface area (Å²) in [5, 5.41) is 2.73. The van der Waals surface area contributed by atoms with Crippen molar-refractivity contribution in [3.8, 4) is 0 Å². The van der Waals surface area contributed by atoms with Crippen LogP contribution in [0.25, 0.3) is 0 Å². The molecule has 26 heavy (non-hydrogen) atoms. The van der Waals surface area contributed by atoms with E-state index in [4.69, 9.17) is 0 Å². The SMILES string of the molecule is CNC(=O)C1Cc2ccccc2CN1C(=O)C(CC(C)C)n1cccc1. The van der Waals surface area contributed by atoms with Gasteiger partial charge in [0.25, 0.3) is 0 Å². The van der Waals surface area contributed by atoms with E-state index in [0.29, 0.717) is 18.9 Å². The fourth-order valence-corrected chi connectivity index (χ4v) is 3.70. The number of hydrogen-bond acceptors (Lipinski definition) is 2. The first-order valence-corrected chi connectivity index (χ1v) is 9.22. The molecule has 5 heteroatoms. The van der Waals surface area contributed by atoms with Crippen molar-refractivity contribution < 1.29 is 9.59 Å². The predicted molar refractivity (Wildman–Crippen MR) is 101 cm³/mol. The van der Waals surface area contributed by atoms with Crippen LogP contribution in [0.15, 0.2) is 48.8 Å². The fourth-order valence-electron chi connectivity index (χ4n) is 3.70. The van der Waals surface area contributed by atoms with Gasteiger partial charge in [0, 0.05) is 32.4 Å². The van der Waals surface area contributed by atoms with E-state index in [-0.39, 0.29) is 17.9 Å². The van der Waals surface area contributed by atoms with Gasteiger partial charge in [0.15, 0.2) is 0 Å². The van der Waals surface area contributed by atoms with Crippen molar-refractivity contribution in [2.75, 3.05) is 7.05 Å². The standard InChI is InChI=1S/C21H27N3O2/c1-15(2)12-19(23-10-6-7-11-23)21(26)24-14-17-9-5-4-8-16(17)13-18(24)20(25)22-3/h4-11,15,18-19H,12-14H2,1-3H3,(H,22,25). The molecule has 2 heterocycles. The molecule has 0 bridgehead atoms. The molecular formula is C21H27N3O2. The van der Waals surface area contributed by atoms with Gasteiger partial charge >= 0.3 is 0 Å². The molecule has 2 unspecified atom stereocenters. The van der Waals surface area contributed by atoms with Crippen LogP contribution in [-0.4, -0.2) is 34.4 Å². The number of benzene rings is 1. The minimum Gasteiger partial charge on any atom is -0.357 e. The molecule has 0 saturated carbocycles. The first-order valence-electron chi connectivity index (χ1n) is 9.22. The second-order valence-corrected chi connectivity index (χ2v) is 7.34. The number of amides is 2. The molecule has 0 radical (unpaired) electrons. The zero-order chi connectivity index (χ0) is 18.7. The molecule has 1 aromatic carbocycles. The highest BCUT2D eigenvalue weighted by molar-refractivity contribution is 5.90. The van der Waals surface area contributed by atoms with Crippen LogP contribution in [0.1, 0.15) is 37.4 Å². The van der Waals surface area contributed by atoms with Gasteiger partial charge in [-0.25, -0.2) is 0 Å². The molecular weight excluding hydrogens is 326 g/mol. The molecule has 1 N–H and O–H groups in total. The van der Waals surface area contributed by atoms with E-state index in [1.165, 1.54) is 0 Å². The molecule has 1 aromatic heterocycles. The maximum Gasteiger partial charge on any atom is 0.246 e. The van der Waals surface area contributed by atoms with Crippen LogP contribution in [0.3, 0.4) is 0 Å². The highest BCUT2D eigenvalue weighted by atomic mass is 16.2. The van der Waals surface area contributed by atoms with Crippen molar-refractivity contribution >= 4 is 11.8 Å². The molecule has 2 aromatic rings. The zero-order valence-corrected chi connectivity index (χ0v) is 15.7. The van der Waals surface area contributed by atoms with Gasteiger partial charge in [-0.2, -0.15) is 0 Å². The molecule has 0 aliphatic carbocycles. The molecule has 2 atom stereocenters. The number of carbonyl (C=O) groups is 2. The van der Waals surface area contributed by atoms with Crippen LogP contribution in [0.2, 0.25) is 0 Å². The first kappa shape index (κ1) is 18.2. The van der Waals surface area contributed by atoms with Gasteiger partial charge in [0.1, 0.15) is 12.1 Å². The molecule has 138 valence electrons. The number of likely N-dealkylation sites (N-methyl/N-ethyl adjacent to an activating group) is 1. The number of carbonyl (C=O) groups excluding carboxylic acids is 2. The normalized spacial score (nSPS) is 17.7. The van der Waals surface area contributed by atoms with Crippen LogP contribution in [0.5, 0.6) is 0 Å². The van der Waals surface area contributed by atoms with Crippen molar-refractivity contribution in [2.24, 2.45) is 5.92 Å². The summed E-state index contributed by atoms with van der Waals surface area (Å²) >= 11 is 0. The van der Waals surface area contributed by atoms with Gasteiger partial charge in [-0.15, -0.1) is 0 Å². The third-order valence-electron chi connectivity index (χ3n) is 5.05. The van der Waals surface area contributed by atoms with Crippen molar-refractivity contribution in [1.29, 1.82) is 0 Å². The Morgan fingerprint density at radius 2 is 1.77 bits per heavy atom. The van der Waals surface area contributed by atoms with Gasteiger partial charge in [-0.1, -0.05) is 38.1 Å². The summed E-state index contributed by atoms with van der Waals surface area (Å²) in [4.78, 5) is 27.8. The summed E-state index contributed by atoms with van der Waals surface area (Å²) in [7, 11) is 1.63. The lowest BCUT2D eigenvalue weighted by Crippen LogP contribution is -2.53. The number of hydrogen-bond donors (Lipinski definition) is 1. The Labute approximate surface area is 155 Å². The molecule has 0 saturated heterocycles. The Morgan fingerprint density at radius 3 is 2.38 bits per heavy atom. The second-order valence-electron chi connectivity index (χ2n) is 7.34. The number of aromatic nitrogens is 1. The minimum atomic E-state index is -0.465. The Kier molecular flexibility index (Phi) is 5.45. The van der Waals surface area contributed by atoms with E-state index in [2.05, 4.69) is 19.2 Å². The number of nitrogens with one attached hydrogen (secondary N) is 1. The Hall–Kier alpha value is -2.56. The van der Waals surface area contributed by atoms with Crippen molar-refractivity contribution in [3.05, 3.63) is 59.9 Å². The topological polar surface area (TPSA) is 54.3 Å². The van der Waals surface area contributed by atoms with Gasteiger partial charge in [0.2, 0.25) is 11.8 Å².